The van der Waals surface area contributed by atoms with E-state index in [2.05, 4.69) is 4.98 Å². The normalized spacial score (nSPS) is 12.1. The first-order valence-corrected chi connectivity index (χ1v) is 8.21. The van der Waals surface area contributed by atoms with E-state index < -0.39 is 10.8 Å². The van der Waals surface area contributed by atoms with Crippen molar-refractivity contribution < 1.29 is 14.1 Å². The first kappa shape index (κ1) is 15.4. The highest BCUT2D eigenvalue weighted by Crippen LogP contribution is 2.22. The van der Waals surface area contributed by atoms with Crippen LogP contribution in [0.1, 0.15) is 28.5 Å². The van der Waals surface area contributed by atoms with Crippen LogP contribution in [0.2, 0.25) is 0 Å². The van der Waals surface area contributed by atoms with Crippen LogP contribution in [-0.2, 0) is 23.6 Å². The van der Waals surface area contributed by atoms with E-state index in [9.17, 15) is 14.1 Å². The van der Waals surface area contributed by atoms with E-state index in [4.69, 9.17) is 0 Å². The number of aromatic hydroxyl groups is 1. The maximum Gasteiger partial charge on any atom is 0.185 e. The third-order valence-corrected chi connectivity index (χ3v) is 4.19. The fourth-order valence-corrected chi connectivity index (χ4v) is 2.68. The molecule has 2 aromatic rings. The number of phenolic OH excluding ortho intramolecular Hbond substituents is 1. The summed E-state index contributed by atoms with van der Waals surface area (Å²) in [4.78, 5) is 17.1. The van der Waals surface area contributed by atoms with Gasteiger partial charge in [-0.2, -0.15) is 0 Å². The minimum Gasteiger partial charge on any atom is -0.508 e. The van der Waals surface area contributed by atoms with Crippen molar-refractivity contribution in [1.82, 2.24) is 4.98 Å². The zero-order valence-electron chi connectivity index (χ0n) is 12.0. The quantitative estimate of drug-likeness (QED) is 0.862. The molecule has 1 heterocycles. The van der Waals surface area contributed by atoms with Crippen LogP contribution in [0.15, 0.2) is 41.4 Å². The summed E-state index contributed by atoms with van der Waals surface area (Å²) in [6, 6.07) is 8.35. The second-order valence-corrected chi connectivity index (χ2v) is 6.09. The Kier molecular flexibility index (Phi) is 4.85. The maximum absolute atomic E-state index is 12.4. The average Bonchev–Trinajstić information content (AvgIpc) is 2.49. The number of pyridine rings is 1. The van der Waals surface area contributed by atoms with E-state index in [1.807, 2.05) is 13.0 Å². The van der Waals surface area contributed by atoms with Crippen molar-refractivity contribution in [3.63, 3.8) is 0 Å². The first-order chi connectivity index (χ1) is 10.0. The maximum atomic E-state index is 12.4. The number of ketones is 1. The SMILES string of the molecule is CCc1cccnc1C(=O)Cc1cc(S(C)=O)ccc1O. The van der Waals surface area contributed by atoms with Gasteiger partial charge in [-0.25, -0.2) is 0 Å². The number of carbonyl (C=O) groups excluding carboxylic acids is 1. The van der Waals surface area contributed by atoms with Crippen molar-refractivity contribution >= 4 is 16.6 Å². The highest BCUT2D eigenvalue weighted by atomic mass is 32.2. The molecule has 1 aromatic carbocycles. The smallest absolute Gasteiger partial charge is 0.185 e. The van der Waals surface area contributed by atoms with E-state index in [1.165, 1.54) is 6.07 Å². The second-order valence-electron chi connectivity index (χ2n) is 4.71. The number of benzene rings is 1. The molecule has 0 saturated carbocycles. The van der Waals surface area contributed by atoms with Gasteiger partial charge in [-0.05, 0) is 36.2 Å². The Morgan fingerprint density at radius 2 is 2.05 bits per heavy atom. The van der Waals surface area contributed by atoms with Crippen LogP contribution in [0, 0.1) is 0 Å². The Balaban J connectivity index is 2.31. The zero-order valence-corrected chi connectivity index (χ0v) is 12.8. The molecular formula is C16H17NO3S. The number of aryl methyl sites for hydroxylation is 1. The molecule has 21 heavy (non-hydrogen) atoms. The number of aromatic nitrogens is 1. The molecule has 1 atom stereocenters. The van der Waals surface area contributed by atoms with Gasteiger partial charge in [-0.3, -0.25) is 14.0 Å². The zero-order chi connectivity index (χ0) is 15.4. The van der Waals surface area contributed by atoms with Gasteiger partial charge in [0.1, 0.15) is 11.4 Å². The Bertz CT molecular complexity index is 698. The van der Waals surface area contributed by atoms with Crippen molar-refractivity contribution in [3.05, 3.63) is 53.3 Å². The highest BCUT2D eigenvalue weighted by molar-refractivity contribution is 7.84. The lowest BCUT2D eigenvalue weighted by Gasteiger charge is -2.08. The topological polar surface area (TPSA) is 67.3 Å². The lowest BCUT2D eigenvalue weighted by Crippen LogP contribution is -2.09. The molecule has 0 bridgehead atoms. The summed E-state index contributed by atoms with van der Waals surface area (Å²) in [6.45, 7) is 1.96. The minimum atomic E-state index is -1.15. The van der Waals surface area contributed by atoms with Gasteiger partial charge in [0, 0.05) is 40.1 Å². The van der Waals surface area contributed by atoms with E-state index in [0.717, 1.165) is 12.0 Å². The number of Topliss-reactive ketones (excluding diaryl/α,β-unsaturated/α-hetero) is 1. The summed E-state index contributed by atoms with van der Waals surface area (Å²) in [7, 11) is -1.15. The fraction of sp³-hybridized carbons (Fsp3) is 0.250. The Hall–Kier alpha value is -2.01. The molecule has 0 aliphatic rings. The van der Waals surface area contributed by atoms with E-state index in [1.54, 1.807) is 30.7 Å². The van der Waals surface area contributed by atoms with Gasteiger partial charge in [-0.15, -0.1) is 0 Å². The van der Waals surface area contributed by atoms with Gasteiger partial charge in [0.25, 0.3) is 0 Å². The molecule has 1 aromatic heterocycles. The fourth-order valence-electron chi connectivity index (χ4n) is 2.11. The highest BCUT2D eigenvalue weighted by Gasteiger charge is 2.15. The van der Waals surface area contributed by atoms with Crippen LogP contribution in [0.5, 0.6) is 5.75 Å². The molecule has 4 nitrogen and oxygen atoms in total. The van der Waals surface area contributed by atoms with Gasteiger partial charge in [0.15, 0.2) is 5.78 Å². The lowest BCUT2D eigenvalue weighted by molar-refractivity contribution is 0.0986. The molecule has 5 heteroatoms. The molecule has 1 unspecified atom stereocenters. The van der Waals surface area contributed by atoms with Crippen LogP contribution in [0.4, 0.5) is 0 Å². The first-order valence-electron chi connectivity index (χ1n) is 6.65. The molecule has 0 amide bonds. The molecule has 0 radical (unpaired) electrons. The molecule has 1 N–H and O–H groups in total. The minimum absolute atomic E-state index is 0.0338. The predicted octanol–water partition coefficient (Wildman–Crippen LogP) is 2.51. The molecule has 0 aliphatic heterocycles. The molecule has 0 aliphatic carbocycles. The van der Waals surface area contributed by atoms with Crippen LogP contribution < -0.4 is 0 Å². The molecule has 0 spiro atoms. The lowest BCUT2D eigenvalue weighted by atomic mass is 10.0. The van der Waals surface area contributed by atoms with Crippen LogP contribution >= 0.6 is 0 Å². The summed E-state index contributed by atoms with van der Waals surface area (Å²) in [5, 5.41) is 9.87. The van der Waals surface area contributed by atoms with Crippen molar-refractivity contribution in [2.24, 2.45) is 0 Å². The third-order valence-electron chi connectivity index (χ3n) is 3.27. The van der Waals surface area contributed by atoms with Gasteiger partial charge in [0.2, 0.25) is 0 Å². The summed E-state index contributed by atoms with van der Waals surface area (Å²) in [5.74, 6) is -0.117. The number of carbonyl (C=O) groups is 1. The summed E-state index contributed by atoms with van der Waals surface area (Å²) in [6.07, 6.45) is 3.91. The monoisotopic (exact) mass is 303 g/mol. The second kappa shape index (κ2) is 6.63. The predicted molar refractivity (Wildman–Crippen MR) is 82.1 cm³/mol. The van der Waals surface area contributed by atoms with Crippen LogP contribution in [0.3, 0.4) is 0 Å². The van der Waals surface area contributed by atoms with Crippen molar-refractivity contribution in [2.75, 3.05) is 6.26 Å². The van der Waals surface area contributed by atoms with Crippen molar-refractivity contribution in [3.8, 4) is 5.75 Å². The molecular weight excluding hydrogens is 286 g/mol. The summed E-state index contributed by atoms with van der Waals surface area (Å²) >= 11 is 0. The van der Waals surface area contributed by atoms with Crippen molar-refractivity contribution in [2.45, 2.75) is 24.7 Å². The van der Waals surface area contributed by atoms with E-state index in [0.29, 0.717) is 16.2 Å². The van der Waals surface area contributed by atoms with Gasteiger partial charge < -0.3 is 5.11 Å². The molecule has 110 valence electrons. The largest absolute Gasteiger partial charge is 0.508 e. The van der Waals surface area contributed by atoms with Gasteiger partial charge >= 0.3 is 0 Å². The Morgan fingerprint density at radius 3 is 2.71 bits per heavy atom. The average molecular weight is 303 g/mol. The van der Waals surface area contributed by atoms with Crippen molar-refractivity contribution in [1.29, 1.82) is 0 Å². The van der Waals surface area contributed by atoms with Crippen LogP contribution in [-0.4, -0.2) is 26.3 Å². The summed E-state index contributed by atoms with van der Waals surface area (Å²) in [5.41, 5.74) is 1.79. The summed E-state index contributed by atoms with van der Waals surface area (Å²) < 4.78 is 11.5. The van der Waals surface area contributed by atoms with Gasteiger partial charge in [-0.1, -0.05) is 13.0 Å². The molecule has 0 saturated heterocycles. The van der Waals surface area contributed by atoms with E-state index in [-0.39, 0.29) is 18.0 Å². The van der Waals surface area contributed by atoms with Gasteiger partial charge in [0.05, 0.1) is 0 Å². The number of hydrogen-bond acceptors (Lipinski definition) is 4. The molecule has 0 fully saturated rings. The number of nitrogens with zero attached hydrogens (tertiary/aromatic N) is 1. The Labute approximate surface area is 126 Å². The number of hydrogen-bond donors (Lipinski definition) is 1. The van der Waals surface area contributed by atoms with Crippen LogP contribution in [0.25, 0.3) is 0 Å². The Morgan fingerprint density at radius 1 is 1.29 bits per heavy atom. The standard InChI is InChI=1S/C16H17NO3S/c1-3-11-5-4-8-17-16(11)15(19)10-12-9-13(21(2)20)6-7-14(12)18/h4-9,18H,3,10H2,1-2H3. The third kappa shape index (κ3) is 3.55. The molecule has 2 rings (SSSR count). The van der Waals surface area contributed by atoms with E-state index >= 15 is 0 Å². The number of rotatable bonds is 5. The number of phenols is 1.